The Balaban J connectivity index is 1.12. The number of benzene rings is 1. The third-order valence-electron chi connectivity index (χ3n) is 6.15. The van der Waals surface area contributed by atoms with Crippen molar-refractivity contribution in [1.82, 2.24) is 9.80 Å². The van der Waals surface area contributed by atoms with Gasteiger partial charge in [-0.1, -0.05) is 17.7 Å². The molecule has 2 saturated heterocycles. The summed E-state index contributed by atoms with van der Waals surface area (Å²) in [5.41, 5.74) is 1.64. The predicted octanol–water partition coefficient (Wildman–Crippen LogP) is 2.74. The molecular formula is C23H23ClN4O4S. The van der Waals surface area contributed by atoms with E-state index < -0.39 is 5.92 Å². The Morgan fingerprint density at radius 1 is 1.18 bits per heavy atom. The number of amides is 2. The molecule has 1 aromatic rings. The van der Waals surface area contributed by atoms with Crippen LogP contribution in [0.3, 0.4) is 0 Å². The minimum absolute atomic E-state index is 0.0872. The molecule has 1 aliphatic carbocycles. The lowest BCUT2D eigenvalue weighted by atomic mass is 9.94. The van der Waals surface area contributed by atoms with Gasteiger partial charge in [-0.3, -0.25) is 14.5 Å². The number of ether oxygens (including phenoxy) is 2. The number of thiocarbonyl (C=S) groups is 1. The molecule has 0 spiro atoms. The van der Waals surface area contributed by atoms with Crippen molar-refractivity contribution in [2.24, 2.45) is 10.9 Å². The highest BCUT2D eigenvalue weighted by Crippen LogP contribution is 2.31. The van der Waals surface area contributed by atoms with E-state index in [1.165, 1.54) is 4.90 Å². The van der Waals surface area contributed by atoms with Crippen LogP contribution in [-0.4, -0.2) is 72.0 Å². The molecule has 1 atom stereocenters. The van der Waals surface area contributed by atoms with Gasteiger partial charge in [-0.15, -0.1) is 0 Å². The number of carbonyl (C=O) groups excluding carboxylic acids is 2. The number of anilines is 1. The second kappa shape index (κ2) is 9.15. The molecular weight excluding hydrogens is 464 g/mol. The Morgan fingerprint density at radius 3 is 2.76 bits per heavy atom. The summed E-state index contributed by atoms with van der Waals surface area (Å²) >= 11 is 11.4. The van der Waals surface area contributed by atoms with E-state index in [0.29, 0.717) is 54.7 Å². The molecule has 1 unspecified atom stereocenters. The number of aliphatic imine (C=N–C) groups is 1. The van der Waals surface area contributed by atoms with E-state index in [4.69, 9.17) is 33.3 Å². The van der Waals surface area contributed by atoms with Crippen LogP contribution in [0.1, 0.15) is 12.8 Å². The van der Waals surface area contributed by atoms with Crippen molar-refractivity contribution in [2.45, 2.75) is 12.8 Å². The second-order valence-electron chi connectivity index (χ2n) is 8.18. The Bertz CT molecular complexity index is 1090. The monoisotopic (exact) mass is 486 g/mol. The van der Waals surface area contributed by atoms with Crippen LogP contribution in [0.2, 0.25) is 5.02 Å². The molecule has 4 aliphatic rings. The van der Waals surface area contributed by atoms with E-state index in [-0.39, 0.29) is 23.7 Å². The van der Waals surface area contributed by atoms with E-state index in [1.807, 2.05) is 29.2 Å². The molecule has 0 radical (unpaired) electrons. The second-order valence-corrected chi connectivity index (χ2v) is 8.99. The van der Waals surface area contributed by atoms with Crippen molar-refractivity contribution >= 4 is 52.1 Å². The number of rotatable bonds is 5. The van der Waals surface area contributed by atoms with Gasteiger partial charge in [0.2, 0.25) is 23.7 Å². The Labute approximate surface area is 202 Å². The van der Waals surface area contributed by atoms with Crippen LogP contribution in [0.4, 0.5) is 5.69 Å². The van der Waals surface area contributed by atoms with Gasteiger partial charge in [-0.25, -0.2) is 4.99 Å². The van der Waals surface area contributed by atoms with Crippen molar-refractivity contribution in [3.63, 3.8) is 0 Å². The number of nitrogens with zero attached hydrogens (tertiary/aromatic N) is 4. The van der Waals surface area contributed by atoms with Crippen LogP contribution >= 0.6 is 23.8 Å². The van der Waals surface area contributed by atoms with Gasteiger partial charge in [-0.05, 0) is 42.9 Å². The van der Waals surface area contributed by atoms with Gasteiger partial charge in [-0.2, -0.15) is 0 Å². The minimum atomic E-state index is -0.535. The quantitative estimate of drug-likeness (QED) is 0.596. The lowest BCUT2D eigenvalue weighted by molar-refractivity contribution is -0.132. The van der Waals surface area contributed by atoms with Gasteiger partial charge >= 0.3 is 0 Å². The summed E-state index contributed by atoms with van der Waals surface area (Å²) in [5.74, 6) is 0.546. The number of piperazine rings is 1. The van der Waals surface area contributed by atoms with Crippen molar-refractivity contribution in [1.29, 1.82) is 0 Å². The van der Waals surface area contributed by atoms with Gasteiger partial charge in [0.25, 0.3) is 0 Å². The first kappa shape index (κ1) is 21.9. The first-order valence-corrected chi connectivity index (χ1v) is 11.7. The largest absolute Gasteiger partial charge is 0.454 e. The molecule has 0 bridgehead atoms. The fraction of sp³-hybridized carbons (Fsp3) is 0.391. The normalized spacial score (nSPS) is 22.0. The van der Waals surface area contributed by atoms with Crippen LogP contribution in [0.5, 0.6) is 0 Å². The summed E-state index contributed by atoms with van der Waals surface area (Å²) in [6, 6.07) is 7.75. The molecule has 10 heteroatoms. The summed E-state index contributed by atoms with van der Waals surface area (Å²) in [4.78, 5) is 35.7. The topological polar surface area (TPSA) is 74.7 Å². The molecule has 172 valence electrons. The fourth-order valence-corrected chi connectivity index (χ4v) is 4.85. The predicted molar refractivity (Wildman–Crippen MR) is 128 cm³/mol. The van der Waals surface area contributed by atoms with Crippen molar-refractivity contribution in [3.8, 4) is 0 Å². The Kier molecular flexibility index (Phi) is 6.07. The van der Waals surface area contributed by atoms with E-state index >= 15 is 0 Å². The number of hydrogen-bond donors (Lipinski definition) is 0. The van der Waals surface area contributed by atoms with Crippen molar-refractivity contribution < 1.29 is 19.1 Å². The first-order chi connectivity index (χ1) is 16.0. The summed E-state index contributed by atoms with van der Waals surface area (Å²) in [7, 11) is 0. The highest BCUT2D eigenvalue weighted by molar-refractivity contribution is 7.80. The number of fused-ring (bicyclic) bond motifs is 2. The molecule has 3 heterocycles. The molecule has 3 aliphatic heterocycles. The van der Waals surface area contributed by atoms with Crippen molar-refractivity contribution in [3.05, 3.63) is 53.0 Å². The average molecular weight is 487 g/mol. The smallest absolute Gasteiger partial charge is 0.241 e. The van der Waals surface area contributed by atoms with Crippen LogP contribution in [0, 0.1) is 5.92 Å². The van der Waals surface area contributed by atoms with E-state index in [2.05, 4.69) is 9.89 Å². The zero-order chi connectivity index (χ0) is 22.9. The molecule has 5 rings (SSSR count). The third-order valence-corrected chi connectivity index (χ3v) is 6.70. The summed E-state index contributed by atoms with van der Waals surface area (Å²) < 4.78 is 10.7. The first-order valence-electron chi connectivity index (χ1n) is 10.9. The lowest BCUT2D eigenvalue weighted by Gasteiger charge is -2.36. The SMILES string of the molecule is O=C(CCCN1C(=O)C2C=C3OCOC3=CC2=NC1=S)N1CCN(c2cccc(Cl)c2)CC1. The average Bonchev–Trinajstić information content (AvgIpc) is 3.27. The molecule has 0 N–H and O–H groups in total. The minimum Gasteiger partial charge on any atom is -0.454 e. The summed E-state index contributed by atoms with van der Waals surface area (Å²) in [6.45, 7) is 3.33. The molecule has 33 heavy (non-hydrogen) atoms. The summed E-state index contributed by atoms with van der Waals surface area (Å²) in [6.07, 6.45) is 4.31. The van der Waals surface area contributed by atoms with Gasteiger partial charge in [0.15, 0.2) is 11.5 Å². The highest BCUT2D eigenvalue weighted by atomic mass is 35.5. The molecule has 1 aromatic carbocycles. The third kappa shape index (κ3) is 4.47. The Hall–Kier alpha value is -2.91. The van der Waals surface area contributed by atoms with E-state index in [9.17, 15) is 9.59 Å². The maximum Gasteiger partial charge on any atom is 0.241 e. The molecule has 2 fully saturated rings. The molecule has 8 nitrogen and oxygen atoms in total. The number of carbonyl (C=O) groups is 2. The van der Waals surface area contributed by atoms with Crippen LogP contribution in [0.15, 0.2) is 52.9 Å². The number of allylic oxidation sites excluding steroid dienone is 1. The number of halogens is 1. The van der Waals surface area contributed by atoms with Gasteiger partial charge in [0.05, 0.1) is 5.71 Å². The summed E-state index contributed by atoms with van der Waals surface area (Å²) in [5, 5.41) is 0.930. The Morgan fingerprint density at radius 2 is 1.97 bits per heavy atom. The van der Waals surface area contributed by atoms with Crippen molar-refractivity contribution in [2.75, 3.05) is 44.4 Å². The van der Waals surface area contributed by atoms with E-state index in [1.54, 1.807) is 12.2 Å². The molecule has 2 amide bonds. The maximum absolute atomic E-state index is 13.0. The molecule has 0 saturated carbocycles. The van der Waals surface area contributed by atoms with Gasteiger partial charge < -0.3 is 19.3 Å². The maximum atomic E-state index is 13.0. The standard InChI is InChI=1S/C23H23ClN4O4S/c24-15-3-1-4-16(11-15)26-7-9-27(10-8-26)21(29)5-2-6-28-22(30)17-12-19-20(32-14-31-19)13-18(17)25-23(28)33/h1,3-4,11-13,17H,2,5-10,14H2. The zero-order valence-electron chi connectivity index (χ0n) is 17.9. The highest BCUT2D eigenvalue weighted by Gasteiger charge is 2.38. The zero-order valence-corrected chi connectivity index (χ0v) is 19.5. The van der Waals surface area contributed by atoms with Gasteiger partial charge in [0, 0.05) is 55.9 Å². The number of hydrogen-bond acceptors (Lipinski definition) is 6. The van der Waals surface area contributed by atoms with Crippen LogP contribution < -0.4 is 4.90 Å². The van der Waals surface area contributed by atoms with Crippen LogP contribution in [-0.2, 0) is 19.1 Å². The lowest BCUT2D eigenvalue weighted by Crippen LogP contribution is -2.49. The van der Waals surface area contributed by atoms with Gasteiger partial charge in [0.1, 0.15) is 5.92 Å². The van der Waals surface area contributed by atoms with Crippen LogP contribution in [0.25, 0.3) is 0 Å². The van der Waals surface area contributed by atoms with E-state index in [0.717, 1.165) is 18.8 Å². The molecule has 0 aromatic heterocycles. The fourth-order valence-electron chi connectivity index (χ4n) is 4.37.